The lowest BCUT2D eigenvalue weighted by atomic mass is 9.85. The van der Waals surface area contributed by atoms with Gasteiger partial charge < -0.3 is 15.5 Å². The van der Waals surface area contributed by atoms with Crippen LogP contribution in [0.2, 0.25) is 0 Å². The van der Waals surface area contributed by atoms with Crippen LogP contribution < -0.4 is 10.9 Å². The zero-order chi connectivity index (χ0) is 14.8. The van der Waals surface area contributed by atoms with Crippen LogP contribution >= 0.6 is 15.9 Å². The molecule has 2 rings (SSSR count). The molecule has 1 saturated carbocycles. The minimum Gasteiger partial charge on any atom is -0.393 e. The van der Waals surface area contributed by atoms with Gasteiger partial charge in [0.2, 0.25) is 0 Å². The highest BCUT2D eigenvalue weighted by atomic mass is 79.9. The maximum absolute atomic E-state index is 12.3. The van der Waals surface area contributed by atoms with Crippen molar-refractivity contribution in [3.63, 3.8) is 0 Å². The second kappa shape index (κ2) is 6.24. The predicted octanol–water partition coefficient (Wildman–Crippen LogP) is 0.961. The van der Waals surface area contributed by atoms with Crippen LogP contribution in [0.1, 0.15) is 26.2 Å². The summed E-state index contributed by atoms with van der Waals surface area (Å²) in [6.07, 6.45) is 5.09. The Kier molecular flexibility index (Phi) is 4.82. The summed E-state index contributed by atoms with van der Waals surface area (Å²) in [5.74, 6) is 0.537. The quantitative estimate of drug-likeness (QED) is 0.714. The van der Waals surface area contributed by atoms with Gasteiger partial charge in [0.15, 0.2) is 0 Å². The Bertz CT molecular complexity index is 526. The minimum absolute atomic E-state index is 0.0881. The van der Waals surface area contributed by atoms with Crippen LogP contribution in [0.4, 0.5) is 5.69 Å². The lowest BCUT2D eigenvalue weighted by molar-refractivity contribution is 0.0132. The first-order valence-electron chi connectivity index (χ1n) is 6.76. The highest BCUT2D eigenvalue weighted by molar-refractivity contribution is 9.10. The molecule has 1 heterocycles. The fourth-order valence-electron chi connectivity index (χ4n) is 2.01. The highest BCUT2D eigenvalue weighted by Crippen LogP contribution is 2.27. The summed E-state index contributed by atoms with van der Waals surface area (Å²) in [4.78, 5) is 12.3. The molecule has 1 unspecified atom stereocenters. The highest BCUT2D eigenvalue weighted by Gasteiger charge is 2.22. The zero-order valence-electron chi connectivity index (χ0n) is 11.5. The van der Waals surface area contributed by atoms with E-state index in [0.717, 1.165) is 12.8 Å². The normalized spacial score (nSPS) is 18.4. The largest absolute Gasteiger partial charge is 0.393 e. The van der Waals surface area contributed by atoms with Gasteiger partial charge in [0.25, 0.3) is 5.56 Å². The molecule has 0 saturated heterocycles. The molecule has 0 aliphatic heterocycles. The minimum atomic E-state index is -1.27. The smallest absolute Gasteiger partial charge is 0.291 e. The standard InChI is InChI=1S/C13H20BrN3O3/c1-13(20,8-18)7-15-11-10(14)5-16-17(12(11)19)6-9-3-2-4-9/h5,9,15,18,20H,2-4,6-8H2,1H3. The lowest BCUT2D eigenvalue weighted by Crippen LogP contribution is -2.39. The number of anilines is 1. The molecule has 0 radical (unpaired) electrons. The molecule has 0 amide bonds. The third-order valence-electron chi connectivity index (χ3n) is 3.64. The molecule has 1 atom stereocenters. The molecule has 1 aromatic heterocycles. The summed E-state index contributed by atoms with van der Waals surface area (Å²) in [6, 6.07) is 0. The molecule has 1 aromatic rings. The number of hydrogen-bond acceptors (Lipinski definition) is 5. The van der Waals surface area contributed by atoms with Crippen LogP contribution in [0.3, 0.4) is 0 Å². The third kappa shape index (κ3) is 3.59. The van der Waals surface area contributed by atoms with E-state index >= 15 is 0 Å². The summed E-state index contributed by atoms with van der Waals surface area (Å²) >= 11 is 3.29. The van der Waals surface area contributed by atoms with Crippen molar-refractivity contribution in [3.05, 3.63) is 21.0 Å². The van der Waals surface area contributed by atoms with E-state index in [1.54, 1.807) is 6.20 Å². The molecule has 0 spiro atoms. The van der Waals surface area contributed by atoms with Crippen LogP contribution in [0.15, 0.2) is 15.5 Å². The van der Waals surface area contributed by atoms with Crippen molar-refractivity contribution in [2.24, 2.45) is 5.92 Å². The maximum atomic E-state index is 12.3. The van der Waals surface area contributed by atoms with E-state index in [1.807, 2.05) is 0 Å². The van der Waals surface area contributed by atoms with Gasteiger partial charge in [-0.25, -0.2) is 4.68 Å². The van der Waals surface area contributed by atoms with Gasteiger partial charge >= 0.3 is 0 Å². The van der Waals surface area contributed by atoms with E-state index in [2.05, 4.69) is 26.3 Å². The third-order valence-corrected chi connectivity index (χ3v) is 4.24. The Morgan fingerprint density at radius 3 is 2.85 bits per heavy atom. The van der Waals surface area contributed by atoms with Gasteiger partial charge in [-0.1, -0.05) is 6.42 Å². The van der Waals surface area contributed by atoms with Crippen molar-refractivity contribution in [1.29, 1.82) is 0 Å². The number of nitrogens with one attached hydrogen (secondary N) is 1. The van der Waals surface area contributed by atoms with Crippen LogP contribution in [-0.4, -0.2) is 38.7 Å². The van der Waals surface area contributed by atoms with Crippen molar-refractivity contribution in [2.75, 3.05) is 18.5 Å². The summed E-state index contributed by atoms with van der Waals surface area (Å²) in [5, 5.41) is 25.8. The van der Waals surface area contributed by atoms with Gasteiger partial charge in [-0.05, 0) is 41.6 Å². The van der Waals surface area contributed by atoms with Crippen molar-refractivity contribution in [3.8, 4) is 0 Å². The van der Waals surface area contributed by atoms with Crippen molar-refractivity contribution in [1.82, 2.24) is 9.78 Å². The summed E-state index contributed by atoms with van der Waals surface area (Å²) in [5.41, 5.74) is -1.11. The Morgan fingerprint density at radius 2 is 2.30 bits per heavy atom. The molecule has 3 N–H and O–H groups in total. The van der Waals surface area contributed by atoms with E-state index < -0.39 is 5.60 Å². The van der Waals surface area contributed by atoms with E-state index in [9.17, 15) is 9.90 Å². The molecular weight excluding hydrogens is 326 g/mol. The number of aliphatic hydroxyl groups excluding tert-OH is 1. The fourth-order valence-corrected chi connectivity index (χ4v) is 2.41. The number of halogens is 1. The van der Waals surface area contributed by atoms with Crippen LogP contribution in [-0.2, 0) is 6.54 Å². The average Bonchev–Trinajstić information content (AvgIpc) is 2.35. The average molecular weight is 346 g/mol. The first-order valence-corrected chi connectivity index (χ1v) is 7.55. The van der Waals surface area contributed by atoms with Crippen molar-refractivity contribution < 1.29 is 10.2 Å². The first kappa shape index (κ1) is 15.5. The van der Waals surface area contributed by atoms with Crippen LogP contribution in [0.5, 0.6) is 0 Å². The zero-order valence-corrected chi connectivity index (χ0v) is 13.1. The molecule has 0 bridgehead atoms. The van der Waals surface area contributed by atoms with Gasteiger partial charge in [0.1, 0.15) is 11.3 Å². The fraction of sp³-hybridized carbons (Fsp3) is 0.692. The van der Waals surface area contributed by atoms with Crippen molar-refractivity contribution in [2.45, 2.75) is 38.3 Å². The van der Waals surface area contributed by atoms with Crippen molar-refractivity contribution >= 4 is 21.6 Å². The summed E-state index contributed by atoms with van der Waals surface area (Å²) < 4.78 is 2.02. The molecule has 0 aromatic carbocycles. The number of hydrogen-bond donors (Lipinski definition) is 3. The Balaban J connectivity index is 2.14. The van der Waals surface area contributed by atoms with E-state index in [-0.39, 0.29) is 18.7 Å². The maximum Gasteiger partial charge on any atom is 0.291 e. The van der Waals surface area contributed by atoms with Crippen LogP contribution in [0.25, 0.3) is 0 Å². The number of aliphatic hydroxyl groups is 2. The second-order valence-electron chi connectivity index (χ2n) is 5.66. The molecule has 6 nitrogen and oxygen atoms in total. The monoisotopic (exact) mass is 345 g/mol. The predicted molar refractivity (Wildman–Crippen MR) is 79.7 cm³/mol. The van der Waals surface area contributed by atoms with Gasteiger partial charge in [0, 0.05) is 13.1 Å². The number of nitrogens with zero attached hydrogens (tertiary/aromatic N) is 2. The van der Waals surface area contributed by atoms with Crippen LogP contribution in [0, 0.1) is 5.92 Å². The summed E-state index contributed by atoms with van der Waals surface area (Å²) in [7, 11) is 0. The molecule has 1 aliphatic rings. The Labute approximate surface area is 125 Å². The second-order valence-corrected chi connectivity index (χ2v) is 6.51. The SMILES string of the molecule is CC(O)(CO)CNc1c(Br)cnn(CC2CCC2)c1=O. The molecule has 1 fully saturated rings. The van der Waals surface area contributed by atoms with Gasteiger partial charge in [-0.3, -0.25) is 4.79 Å². The Hall–Kier alpha value is -0.920. The number of rotatable bonds is 6. The van der Waals surface area contributed by atoms with Gasteiger partial charge in [0.05, 0.1) is 17.3 Å². The molecule has 20 heavy (non-hydrogen) atoms. The number of aromatic nitrogens is 2. The topological polar surface area (TPSA) is 87.4 Å². The van der Waals surface area contributed by atoms with Gasteiger partial charge in [-0.15, -0.1) is 0 Å². The first-order chi connectivity index (χ1) is 9.43. The lowest BCUT2D eigenvalue weighted by Gasteiger charge is -2.26. The van der Waals surface area contributed by atoms with Gasteiger partial charge in [-0.2, -0.15) is 5.10 Å². The molecular formula is C13H20BrN3O3. The van der Waals surface area contributed by atoms with E-state index in [4.69, 9.17) is 5.11 Å². The van der Waals surface area contributed by atoms with E-state index in [0.29, 0.717) is 22.6 Å². The molecule has 112 valence electrons. The van der Waals surface area contributed by atoms with E-state index in [1.165, 1.54) is 18.0 Å². The Morgan fingerprint density at radius 1 is 1.60 bits per heavy atom. The summed E-state index contributed by atoms with van der Waals surface area (Å²) in [6.45, 7) is 1.85. The molecule has 1 aliphatic carbocycles. The molecule has 7 heteroatoms.